The van der Waals surface area contributed by atoms with Crippen LogP contribution in [0.1, 0.15) is 23.1 Å². The molecule has 0 aromatic heterocycles. The van der Waals surface area contributed by atoms with Gasteiger partial charge in [-0.1, -0.05) is 18.2 Å². The van der Waals surface area contributed by atoms with E-state index in [4.69, 9.17) is 9.47 Å². The van der Waals surface area contributed by atoms with E-state index in [0.29, 0.717) is 37.3 Å². The van der Waals surface area contributed by atoms with E-state index in [2.05, 4.69) is 5.32 Å². The molecule has 1 N–H and O–H groups in total. The molecule has 4 nitrogen and oxygen atoms in total. The highest BCUT2D eigenvalue weighted by Crippen LogP contribution is 2.29. The van der Waals surface area contributed by atoms with Gasteiger partial charge in [-0.05, 0) is 48.2 Å². The zero-order valence-electron chi connectivity index (χ0n) is 15.2. The molecule has 2 rings (SSSR count). The van der Waals surface area contributed by atoms with Gasteiger partial charge in [0, 0.05) is 13.0 Å². The fraction of sp³-hybridized carbons (Fsp3) is 0.350. The second kappa shape index (κ2) is 9.30. The fourth-order valence-corrected chi connectivity index (χ4v) is 2.59. The summed E-state index contributed by atoms with van der Waals surface area (Å²) in [5.74, 6) is 1.12. The number of carbonyl (C=O) groups excluding carboxylic acids is 1. The summed E-state index contributed by atoms with van der Waals surface area (Å²) in [6.45, 7) is 0.371. The van der Waals surface area contributed by atoms with Crippen molar-refractivity contribution in [2.45, 2.75) is 25.4 Å². The second-order valence-electron chi connectivity index (χ2n) is 5.98. The number of hydrogen-bond donors (Lipinski definition) is 1. The number of halogens is 3. The first-order valence-corrected chi connectivity index (χ1v) is 8.47. The third kappa shape index (κ3) is 6.20. The van der Waals surface area contributed by atoms with Crippen LogP contribution in [0.15, 0.2) is 42.5 Å². The average molecular weight is 381 g/mol. The minimum Gasteiger partial charge on any atom is -0.493 e. The molecule has 0 saturated heterocycles. The van der Waals surface area contributed by atoms with Crippen molar-refractivity contribution in [3.63, 3.8) is 0 Å². The quantitative estimate of drug-likeness (QED) is 0.752. The lowest BCUT2D eigenvalue weighted by Crippen LogP contribution is -2.25. The number of amides is 1. The SMILES string of the molecule is COc1ccc(CCC(=O)NCCc2ccc(C(F)(F)F)cc2)cc1OC. The maximum atomic E-state index is 12.5. The molecule has 7 heteroatoms. The molecule has 0 aliphatic rings. The van der Waals surface area contributed by atoms with Gasteiger partial charge in [0.05, 0.1) is 19.8 Å². The third-order valence-electron chi connectivity index (χ3n) is 4.11. The summed E-state index contributed by atoms with van der Waals surface area (Å²) >= 11 is 0. The highest BCUT2D eigenvalue weighted by atomic mass is 19.4. The Morgan fingerprint density at radius 2 is 1.56 bits per heavy atom. The standard InChI is InChI=1S/C20H22F3NO3/c1-26-17-9-5-15(13-18(17)27-2)6-10-19(25)24-12-11-14-3-7-16(8-4-14)20(21,22)23/h3-5,7-9,13H,6,10-12H2,1-2H3,(H,24,25). The van der Waals surface area contributed by atoms with Crippen LogP contribution in [-0.2, 0) is 23.8 Å². The fourth-order valence-electron chi connectivity index (χ4n) is 2.59. The number of rotatable bonds is 8. The van der Waals surface area contributed by atoms with E-state index in [-0.39, 0.29) is 5.91 Å². The molecule has 0 radical (unpaired) electrons. The Balaban J connectivity index is 1.76. The van der Waals surface area contributed by atoms with E-state index < -0.39 is 11.7 Å². The number of nitrogens with one attached hydrogen (secondary N) is 1. The van der Waals surface area contributed by atoms with Crippen LogP contribution in [0.3, 0.4) is 0 Å². The molecule has 0 atom stereocenters. The normalized spacial score (nSPS) is 11.1. The lowest BCUT2D eigenvalue weighted by atomic mass is 10.1. The predicted molar refractivity (Wildman–Crippen MR) is 96.0 cm³/mol. The Morgan fingerprint density at radius 1 is 0.926 bits per heavy atom. The molecular formula is C20H22F3NO3. The summed E-state index contributed by atoms with van der Waals surface area (Å²) in [6, 6.07) is 10.4. The first-order valence-electron chi connectivity index (χ1n) is 8.47. The Hall–Kier alpha value is -2.70. The molecular weight excluding hydrogens is 359 g/mol. The number of aryl methyl sites for hydroxylation is 1. The number of benzene rings is 2. The number of hydrogen-bond acceptors (Lipinski definition) is 3. The van der Waals surface area contributed by atoms with Gasteiger partial charge in [0.1, 0.15) is 0 Å². The Labute approximate surface area is 156 Å². The smallest absolute Gasteiger partial charge is 0.416 e. The molecule has 0 heterocycles. The molecule has 27 heavy (non-hydrogen) atoms. The monoisotopic (exact) mass is 381 g/mol. The third-order valence-corrected chi connectivity index (χ3v) is 4.11. The minimum absolute atomic E-state index is 0.114. The molecule has 0 bridgehead atoms. The van der Waals surface area contributed by atoms with Crippen LogP contribution in [0.4, 0.5) is 13.2 Å². The Bertz CT molecular complexity index is 758. The molecule has 0 aliphatic carbocycles. The van der Waals surface area contributed by atoms with Gasteiger partial charge in [-0.15, -0.1) is 0 Å². The minimum atomic E-state index is -4.34. The summed E-state index contributed by atoms with van der Waals surface area (Å²) < 4.78 is 48.0. The summed E-state index contributed by atoms with van der Waals surface area (Å²) in [4.78, 5) is 12.0. The topological polar surface area (TPSA) is 47.6 Å². The molecule has 146 valence electrons. The summed E-state index contributed by atoms with van der Waals surface area (Å²) in [7, 11) is 3.11. The lowest BCUT2D eigenvalue weighted by molar-refractivity contribution is -0.137. The molecule has 0 spiro atoms. The van der Waals surface area contributed by atoms with Crippen LogP contribution in [0.5, 0.6) is 11.5 Å². The zero-order chi connectivity index (χ0) is 19.9. The van der Waals surface area contributed by atoms with Crippen LogP contribution >= 0.6 is 0 Å². The largest absolute Gasteiger partial charge is 0.493 e. The first kappa shape index (κ1) is 20.6. The van der Waals surface area contributed by atoms with Crippen molar-refractivity contribution < 1.29 is 27.4 Å². The van der Waals surface area contributed by atoms with E-state index >= 15 is 0 Å². The number of methoxy groups -OCH3 is 2. The van der Waals surface area contributed by atoms with E-state index in [9.17, 15) is 18.0 Å². The number of alkyl halides is 3. The van der Waals surface area contributed by atoms with Crippen LogP contribution in [0.2, 0.25) is 0 Å². The van der Waals surface area contributed by atoms with E-state index in [1.54, 1.807) is 20.3 Å². The van der Waals surface area contributed by atoms with Crippen molar-refractivity contribution >= 4 is 5.91 Å². The van der Waals surface area contributed by atoms with Crippen LogP contribution in [0, 0.1) is 0 Å². The van der Waals surface area contributed by atoms with Crippen LogP contribution in [-0.4, -0.2) is 26.7 Å². The van der Waals surface area contributed by atoms with Crippen LogP contribution in [0.25, 0.3) is 0 Å². The summed E-state index contributed by atoms with van der Waals surface area (Å²) in [5, 5.41) is 2.78. The summed E-state index contributed by atoms with van der Waals surface area (Å²) in [6.07, 6.45) is -3.01. The van der Waals surface area contributed by atoms with Crippen molar-refractivity contribution in [1.82, 2.24) is 5.32 Å². The molecule has 0 aliphatic heterocycles. The van der Waals surface area contributed by atoms with Gasteiger partial charge in [-0.2, -0.15) is 13.2 Å². The van der Waals surface area contributed by atoms with E-state index in [1.165, 1.54) is 12.1 Å². The second-order valence-corrected chi connectivity index (χ2v) is 5.98. The summed E-state index contributed by atoms with van der Waals surface area (Å²) in [5.41, 5.74) is 1.01. The predicted octanol–water partition coefficient (Wildman–Crippen LogP) is 4.01. The van der Waals surface area contributed by atoms with Gasteiger partial charge in [0.25, 0.3) is 0 Å². The van der Waals surface area contributed by atoms with Crippen LogP contribution < -0.4 is 14.8 Å². The average Bonchev–Trinajstić information content (AvgIpc) is 2.65. The Kier molecular flexibility index (Phi) is 7.10. The zero-order valence-corrected chi connectivity index (χ0v) is 15.2. The maximum Gasteiger partial charge on any atom is 0.416 e. The molecule has 0 unspecified atom stereocenters. The van der Waals surface area contributed by atoms with Gasteiger partial charge in [0.15, 0.2) is 11.5 Å². The highest BCUT2D eigenvalue weighted by molar-refractivity contribution is 5.76. The van der Waals surface area contributed by atoms with Gasteiger partial charge < -0.3 is 14.8 Å². The molecule has 0 fully saturated rings. The molecule has 0 saturated carbocycles. The van der Waals surface area contributed by atoms with Crippen molar-refractivity contribution in [2.24, 2.45) is 0 Å². The molecule has 2 aromatic rings. The van der Waals surface area contributed by atoms with Crippen molar-refractivity contribution in [3.8, 4) is 11.5 Å². The van der Waals surface area contributed by atoms with Gasteiger partial charge in [-0.3, -0.25) is 4.79 Å². The Morgan fingerprint density at radius 3 is 2.15 bits per heavy atom. The van der Waals surface area contributed by atoms with E-state index in [0.717, 1.165) is 23.3 Å². The van der Waals surface area contributed by atoms with Gasteiger partial charge >= 0.3 is 6.18 Å². The molecule has 2 aromatic carbocycles. The first-order chi connectivity index (χ1) is 12.8. The number of carbonyl (C=O) groups is 1. The lowest BCUT2D eigenvalue weighted by Gasteiger charge is -2.10. The van der Waals surface area contributed by atoms with E-state index in [1.807, 2.05) is 12.1 Å². The highest BCUT2D eigenvalue weighted by Gasteiger charge is 2.29. The molecule has 1 amide bonds. The van der Waals surface area contributed by atoms with Gasteiger partial charge in [0.2, 0.25) is 5.91 Å². The van der Waals surface area contributed by atoms with Crippen molar-refractivity contribution in [2.75, 3.05) is 20.8 Å². The number of ether oxygens (including phenoxy) is 2. The maximum absolute atomic E-state index is 12.5. The van der Waals surface area contributed by atoms with Crippen molar-refractivity contribution in [1.29, 1.82) is 0 Å². The van der Waals surface area contributed by atoms with Gasteiger partial charge in [-0.25, -0.2) is 0 Å². The van der Waals surface area contributed by atoms with Crippen molar-refractivity contribution in [3.05, 3.63) is 59.2 Å².